The van der Waals surface area contributed by atoms with Gasteiger partial charge in [-0.25, -0.2) is 9.79 Å². The number of carbonyl (C=O) groups excluding carboxylic acids is 2. The van der Waals surface area contributed by atoms with Crippen LogP contribution in [0.4, 0.5) is 0 Å². The maximum absolute atomic E-state index is 13.2. The lowest BCUT2D eigenvalue weighted by atomic mass is 9.96. The van der Waals surface area contributed by atoms with Gasteiger partial charge in [-0.2, -0.15) is 5.26 Å². The summed E-state index contributed by atoms with van der Waals surface area (Å²) in [4.78, 5) is 45.7. The maximum Gasteiger partial charge on any atom is 0.328 e. The molecule has 4 N–H and O–H groups in total. The predicted octanol–water partition coefficient (Wildman–Crippen LogP) is 1.47. The lowest BCUT2D eigenvalue weighted by Crippen LogP contribution is -2.45. The number of β-amino-alcohol motifs (C(OH)–C–C–N with tert-alkyl or cyclic N) is 1. The molecule has 2 atom stereocenters. The Kier molecular flexibility index (Phi) is 8.09. The summed E-state index contributed by atoms with van der Waals surface area (Å²) < 4.78 is 1.89. The Morgan fingerprint density at radius 3 is 2.73 bits per heavy atom. The van der Waals surface area contributed by atoms with E-state index in [1.807, 2.05) is 34.9 Å². The summed E-state index contributed by atoms with van der Waals surface area (Å²) in [5.74, 6) is -1.95. The molecular weight excluding hydrogens is 550 g/mol. The molecule has 212 valence electrons. The molecule has 13 heteroatoms. The van der Waals surface area contributed by atoms with E-state index in [2.05, 4.69) is 15.6 Å². The van der Waals surface area contributed by atoms with Crippen LogP contribution < -0.4 is 10.6 Å². The van der Waals surface area contributed by atoms with Gasteiger partial charge < -0.3 is 29.7 Å². The number of halogens is 1. The molecule has 1 saturated heterocycles. The van der Waals surface area contributed by atoms with Crippen molar-refractivity contribution in [3.8, 4) is 6.19 Å². The second-order valence-corrected chi connectivity index (χ2v) is 10.3. The summed E-state index contributed by atoms with van der Waals surface area (Å²) in [7, 11) is 0. The second-order valence-electron chi connectivity index (χ2n) is 9.96. The van der Waals surface area contributed by atoms with E-state index < -0.39 is 24.0 Å². The number of aliphatic imine (C=N–C) groups is 1. The number of aliphatic hydroxyl groups is 1. The van der Waals surface area contributed by atoms with E-state index >= 15 is 0 Å². The van der Waals surface area contributed by atoms with Crippen LogP contribution in [0.2, 0.25) is 5.02 Å². The number of aliphatic hydroxyl groups excluding tert-OH is 1. The molecule has 5 rings (SSSR count). The second kappa shape index (κ2) is 11.9. The van der Waals surface area contributed by atoms with Crippen LogP contribution in [-0.2, 0) is 17.8 Å². The smallest absolute Gasteiger partial charge is 0.328 e. The zero-order chi connectivity index (χ0) is 29.1. The number of guanidine groups is 1. The first-order chi connectivity index (χ1) is 19.7. The molecule has 0 unspecified atom stereocenters. The van der Waals surface area contributed by atoms with Crippen LogP contribution in [-0.4, -0.2) is 86.5 Å². The topological polar surface area (TPSA) is 163 Å². The molecule has 2 aliphatic rings. The Hall–Kier alpha value is -4.60. The molecule has 0 radical (unpaired) electrons. The zero-order valence-corrected chi connectivity index (χ0v) is 22.7. The SMILES string of the molecule is N#CNC(=NC[C@H](NC(=O)c1ccc2c(c1Cl)CCN(C(=O)c1cc3ccccn3c1)C2)C(=O)O)N1CC[C@H](O)C1. The lowest BCUT2D eigenvalue weighted by molar-refractivity contribution is -0.138. The Morgan fingerprint density at radius 2 is 2.02 bits per heavy atom. The van der Waals surface area contributed by atoms with E-state index in [0.29, 0.717) is 38.0 Å². The molecule has 4 heterocycles. The molecule has 0 saturated carbocycles. The molecule has 41 heavy (non-hydrogen) atoms. The van der Waals surface area contributed by atoms with Crippen LogP contribution in [0.3, 0.4) is 0 Å². The van der Waals surface area contributed by atoms with Crippen LogP contribution in [0.25, 0.3) is 5.52 Å². The van der Waals surface area contributed by atoms with Crippen molar-refractivity contribution in [3.63, 3.8) is 0 Å². The van der Waals surface area contributed by atoms with Crippen molar-refractivity contribution in [3.05, 3.63) is 76.1 Å². The fraction of sp³-hybridized carbons (Fsp3) is 0.321. The summed E-state index contributed by atoms with van der Waals surface area (Å²) in [6, 6.07) is 9.44. The van der Waals surface area contributed by atoms with Crippen LogP contribution >= 0.6 is 11.6 Å². The normalized spacial score (nSPS) is 17.6. The fourth-order valence-electron chi connectivity index (χ4n) is 5.12. The van der Waals surface area contributed by atoms with E-state index in [1.165, 1.54) is 6.07 Å². The first-order valence-corrected chi connectivity index (χ1v) is 13.5. The number of nitrogens with zero attached hydrogens (tertiary/aromatic N) is 5. The number of rotatable bonds is 6. The molecule has 0 spiro atoms. The van der Waals surface area contributed by atoms with E-state index in [1.54, 1.807) is 28.3 Å². The number of hydrogen-bond donors (Lipinski definition) is 4. The first-order valence-electron chi connectivity index (χ1n) is 13.1. The minimum absolute atomic E-state index is 0.101. The molecule has 3 aromatic rings. The average Bonchev–Trinajstić information content (AvgIpc) is 3.60. The number of carboxylic acid groups (broad SMARTS) is 1. The lowest BCUT2D eigenvalue weighted by Gasteiger charge is -2.30. The third kappa shape index (κ3) is 5.96. The van der Waals surface area contributed by atoms with Crippen LogP contribution in [0, 0.1) is 11.5 Å². The van der Waals surface area contributed by atoms with E-state index in [-0.39, 0.29) is 35.5 Å². The molecule has 0 bridgehead atoms. The first kappa shape index (κ1) is 27.9. The Morgan fingerprint density at radius 1 is 1.20 bits per heavy atom. The van der Waals surface area contributed by atoms with Gasteiger partial charge in [-0.1, -0.05) is 23.7 Å². The number of hydrogen-bond acceptors (Lipinski definition) is 6. The van der Waals surface area contributed by atoms with Crippen LogP contribution in [0.15, 0.2) is 53.8 Å². The zero-order valence-electron chi connectivity index (χ0n) is 22.0. The van der Waals surface area contributed by atoms with Crippen molar-refractivity contribution >= 4 is 40.9 Å². The monoisotopic (exact) mass is 577 g/mol. The predicted molar refractivity (Wildman–Crippen MR) is 149 cm³/mol. The number of aliphatic carboxylic acids is 1. The summed E-state index contributed by atoms with van der Waals surface area (Å²) >= 11 is 6.63. The van der Waals surface area contributed by atoms with Gasteiger partial charge in [0.15, 0.2) is 6.19 Å². The number of likely N-dealkylation sites (tertiary alicyclic amines) is 1. The van der Waals surface area contributed by atoms with Crippen molar-refractivity contribution in [2.75, 3.05) is 26.2 Å². The summed E-state index contributed by atoms with van der Waals surface area (Å²) in [6.07, 6.45) is 5.80. The van der Waals surface area contributed by atoms with Crippen molar-refractivity contribution in [1.29, 1.82) is 5.26 Å². The average molecular weight is 578 g/mol. The van der Waals surface area contributed by atoms with Crippen molar-refractivity contribution in [2.45, 2.75) is 31.5 Å². The van der Waals surface area contributed by atoms with Gasteiger partial charge in [-0.05, 0) is 48.2 Å². The highest BCUT2D eigenvalue weighted by Gasteiger charge is 2.29. The number of benzene rings is 1. The number of carboxylic acids is 1. The van der Waals surface area contributed by atoms with Gasteiger partial charge in [0.1, 0.15) is 6.04 Å². The fourth-order valence-corrected chi connectivity index (χ4v) is 5.48. The number of carbonyl (C=O) groups is 3. The van der Waals surface area contributed by atoms with Gasteiger partial charge in [0.05, 0.1) is 28.8 Å². The largest absolute Gasteiger partial charge is 0.480 e. The molecule has 1 fully saturated rings. The highest BCUT2D eigenvalue weighted by Crippen LogP contribution is 2.30. The van der Waals surface area contributed by atoms with Crippen LogP contribution in [0.5, 0.6) is 0 Å². The van der Waals surface area contributed by atoms with Crippen molar-refractivity contribution < 1.29 is 24.6 Å². The molecular formula is C28H28ClN7O5. The Balaban J connectivity index is 1.27. The number of nitriles is 1. The molecule has 2 amide bonds. The quantitative estimate of drug-likeness (QED) is 0.148. The minimum Gasteiger partial charge on any atom is -0.480 e. The maximum atomic E-state index is 13.2. The Labute approximate surface area is 240 Å². The van der Waals surface area contributed by atoms with Crippen molar-refractivity contribution in [1.82, 2.24) is 24.8 Å². The Bertz CT molecular complexity index is 1550. The van der Waals surface area contributed by atoms with Gasteiger partial charge in [-0.3, -0.25) is 14.9 Å². The van der Waals surface area contributed by atoms with Crippen molar-refractivity contribution in [2.24, 2.45) is 4.99 Å². The summed E-state index contributed by atoms with van der Waals surface area (Å²) in [6.45, 7) is 1.11. The van der Waals surface area contributed by atoms with Gasteiger partial charge >= 0.3 is 5.97 Å². The highest BCUT2D eigenvalue weighted by atomic mass is 35.5. The number of nitrogens with one attached hydrogen (secondary N) is 2. The molecule has 2 aromatic heterocycles. The van der Waals surface area contributed by atoms with Crippen LogP contribution in [0.1, 0.15) is 38.3 Å². The number of pyridine rings is 1. The van der Waals surface area contributed by atoms with Gasteiger partial charge in [0, 0.05) is 44.1 Å². The van der Waals surface area contributed by atoms with Gasteiger partial charge in [0.25, 0.3) is 11.8 Å². The molecule has 0 aliphatic carbocycles. The number of aromatic nitrogens is 1. The minimum atomic E-state index is -1.39. The van der Waals surface area contributed by atoms with Gasteiger partial charge in [-0.15, -0.1) is 0 Å². The summed E-state index contributed by atoms with van der Waals surface area (Å²) in [5.41, 5.74) is 3.18. The number of fused-ring (bicyclic) bond motifs is 2. The molecule has 1 aromatic carbocycles. The molecule has 12 nitrogen and oxygen atoms in total. The summed E-state index contributed by atoms with van der Waals surface area (Å²) in [5, 5.41) is 33.6. The standard InChI is InChI=1S/C28H28ClN7O5/c29-24-21-7-10-35(26(39)18-11-19-3-1-2-8-34(19)14-18)13-17(21)4-5-22(24)25(38)33-23(27(40)41)12-31-28(32-16-30)36-9-6-20(37)15-36/h1-5,8,11,14,20,23,37H,6-7,9-10,12-13,15H2,(H,31,32)(H,33,38)(H,40,41)/t20-,23-/m0/s1. The highest BCUT2D eigenvalue weighted by molar-refractivity contribution is 6.34. The van der Waals surface area contributed by atoms with E-state index in [0.717, 1.165) is 16.6 Å². The third-order valence-corrected chi connectivity index (χ3v) is 7.71. The third-order valence-electron chi connectivity index (χ3n) is 7.27. The van der Waals surface area contributed by atoms with E-state index in [9.17, 15) is 24.6 Å². The van der Waals surface area contributed by atoms with Gasteiger partial charge in [0.2, 0.25) is 5.96 Å². The molecule has 2 aliphatic heterocycles. The van der Waals surface area contributed by atoms with E-state index in [4.69, 9.17) is 16.9 Å². The number of amides is 2.